The number of rotatable bonds is 13. The Morgan fingerprint density at radius 2 is 1.75 bits per heavy atom. The van der Waals surface area contributed by atoms with Crippen molar-refractivity contribution in [2.75, 3.05) is 13.2 Å². The number of aryl methyl sites for hydroxylation is 1. The number of nitrogens with zero attached hydrogens (tertiary/aromatic N) is 2. The highest BCUT2D eigenvalue weighted by Gasteiger charge is 2.45. The first-order valence-electron chi connectivity index (χ1n) is 17.5. The fourth-order valence-corrected chi connectivity index (χ4v) is 6.21. The number of nitrogens with one attached hydrogen (secondary N) is 4. The van der Waals surface area contributed by atoms with Crippen LogP contribution in [0.15, 0.2) is 46.9 Å². The van der Waals surface area contributed by atoms with Crippen LogP contribution in [-0.2, 0) is 38.5 Å². The van der Waals surface area contributed by atoms with Crippen LogP contribution in [0.5, 0.6) is 0 Å². The van der Waals surface area contributed by atoms with Gasteiger partial charge in [0.1, 0.15) is 24.7 Å². The van der Waals surface area contributed by atoms with Gasteiger partial charge in [-0.2, -0.15) is 0 Å². The molecule has 0 radical (unpaired) electrons. The monoisotopic (exact) mass is 756 g/mol. The van der Waals surface area contributed by atoms with Gasteiger partial charge in [0.2, 0.25) is 17.7 Å². The third kappa shape index (κ3) is 10.0. The van der Waals surface area contributed by atoms with Crippen molar-refractivity contribution in [1.29, 1.82) is 0 Å². The molecule has 52 heavy (non-hydrogen) atoms. The van der Waals surface area contributed by atoms with Crippen LogP contribution in [0.3, 0.4) is 0 Å². The Morgan fingerprint density at radius 1 is 1.02 bits per heavy atom. The molecule has 1 aliphatic carbocycles. The molecule has 15 heteroatoms. The Bertz CT molecular complexity index is 1840. The Balaban J connectivity index is 0.00000144. The number of ether oxygens (including phenoxy) is 2. The second kappa shape index (κ2) is 18.7. The number of halogens is 2. The van der Waals surface area contributed by atoms with E-state index in [0.29, 0.717) is 28.4 Å². The Kier molecular flexibility index (Phi) is 14.5. The molecule has 3 amide bonds. The average Bonchev–Trinajstić information content (AvgIpc) is 3.78. The summed E-state index contributed by atoms with van der Waals surface area (Å²) in [5.74, 6) is -2.42. The van der Waals surface area contributed by atoms with Crippen molar-refractivity contribution in [2.45, 2.75) is 91.3 Å². The maximum atomic E-state index is 14.4. The van der Waals surface area contributed by atoms with Crippen LogP contribution in [0.2, 0.25) is 10.0 Å². The van der Waals surface area contributed by atoms with E-state index in [0.717, 1.165) is 22.2 Å². The number of fused-ring (bicyclic) bond motifs is 3. The maximum Gasteiger partial charge on any atom is 0.407 e. The predicted molar refractivity (Wildman–Crippen MR) is 197 cm³/mol. The summed E-state index contributed by atoms with van der Waals surface area (Å²) < 4.78 is 15.8. The summed E-state index contributed by atoms with van der Waals surface area (Å²) in [6.07, 6.45) is 3.14. The normalized spacial score (nSPS) is 16.1. The van der Waals surface area contributed by atoms with Gasteiger partial charge < -0.3 is 34.8 Å². The summed E-state index contributed by atoms with van der Waals surface area (Å²) >= 11 is 12.8. The van der Waals surface area contributed by atoms with Crippen LogP contribution in [0.1, 0.15) is 99.7 Å². The summed E-state index contributed by atoms with van der Waals surface area (Å²) in [6.45, 7) is 9.54. The van der Waals surface area contributed by atoms with Crippen LogP contribution in [0.25, 0.3) is 10.9 Å². The van der Waals surface area contributed by atoms with E-state index in [1.54, 1.807) is 19.1 Å². The zero-order valence-corrected chi connectivity index (χ0v) is 31.6. The van der Waals surface area contributed by atoms with Gasteiger partial charge in [-0.15, -0.1) is 10.2 Å². The summed E-state index contributed by atoms with van der Waals surface area (Å²) in [5.41, 5.74) is 1.62. The molecule has 4 aromatic rings. The summed E-state index contributed by atoms with van der Waals surface area (Å²) in [5, 5.41) is 17.8. The van der Waals surface area contributed by atoms with E-state index in [9.17, 15) is 19.2 Å². The lowest BCUT2D eigenvalue weighted by molar-refractivity contribution is -0.134. The van der Waals surface area contributed by atoms with Crippen molar-refractivity contribution in [1.82, 2.24) is 31.1 Å². The average molecular weight is 758 g/mol. The topological polar surface area (TPSA) is 178 Å². The Labute approximate surface area is 312 Å². The minimum atomic E-state index is -1.47. The number of H-pyrrole nitrogens is 1. The quantitative estimate of drug-likeness (QED) is 0.104. The lowest BCUT2D eigenvalue weighted by atomic mass is 9.78. The highest BCUT2D eigenvalue weighted by Crippen LogP contribution is 2.38. The van der Waals surface area contributed by atoms with Crippen molar-refractivity contribution in [3.8, 4) is 0 Å². The Morgan fingerprint density at radius 3 is 2.42 bits per heavy atom. The molecular formula is C37H46Cl2N6O7. The third-order valence-electron chi connectivity index (χ3n) is 8.88. The van der Waals surface area contributed by atoms with Crippen LogP contribution in [-0.4, -0.2) is 57.7 Å². The lowest BCUT2D eigenvalue weighted by Gasteiger charge is -2.38. The minimum Gasteiger partial charge on any atom is -0.459 e. The maximum absolute atomic E-state index is 14.4. The summed E-state index contributed by atoms with van der Waals surface area (Å²) in [7, 11) is 0. The van der Waals surface area contributed by atoms with Gasteiger partial charge in [0.05, 0.1) is 17.1 Å². The first-order valence-corrected chi connectivity index (χ1v) is 18.3. The van der Waals surface area contributed by atoms with E-state index in [1.807, 2.05) is 44.2 Å². The van der Waals surface area contributed by atoms with Crippen molar-refractivity contribution in [3.05, 3.63) is 81.1 Å². The Hall–Kier alpha value is -4.62. The molecule has 13 nitrogen and oxygen atoms in total. The van der Waals surface area contributed by atoms with Gasteiger partial charge in [-0.05, 0) is 48.9 Å². The first-order chi connectivity index (χ1) is 24.9. The molecular weight excluding hydrogens is 711 g/mol. The zero-order chi connectivity index (χ0) is 37.8. The second-order valence-corrected chi connectivity index (χ2v) is 13.5. The van der Waals surface area contributed by atoms with E-state index in [-0.39, 0.29) is 43.8 Å². The van der Waals surface area contributed by atoms with Gasteiger partial charge in [-0.25, -0.2) is 9.59 Å². The van der Waals surface area contributed by atoms with Gasteiger partial charge >= 0.3 is 18.0 Å². The molecule has 0 bridgehead atoms. The van der Waals surface area contributed by atoms with Gasteiger partial charge in [0.25, 0.3) is 0 Å². The van der Waals surface area contributed by atoms with Crippen molar-refractivity contribution < 1.29 is 33.1 Å². The van der Waals surface area contributed by atoms with Gasteiger partial charge in [-0.3, -0.25) is 9.59 Å². The van der Waals surface area contributed by atoms with Crippen LogP contribution in [0, 0.1) is 5.92 Å². The first kappa shape index (κ1) is 40.2. The molecule has 3 atom stereocenters. The molecule has 0 saturated heterocycles. The standard InChI is InChI=1S/C33H36Cl2N6O7.C4H10/c1-4-18(3)26(28-40-41-29(48-28)30(43)46-5-2)38-31(44)33(39-25(42)16-36-32(45)47-17-19-9-7-6-8-10-19)12-11-24-22(15-33)21-13-20(34)14-23(35)27(21)37-24;1-3-4-2/h6-10,13-14,18,26,37H,4-5,11-12,15-17H2,1-3H3,(H,36,45)(H,38,44)(H,39,42);3-4H2,1-2H3/t18-,26?,33-;/m0./s1. The molecule has 2 aromatic heterocycles. The van der Waals surface area contributed by atoms with E-state index >= 15 is 0 Å². The number of carbonyl (C=O) groups excluding carboxylic acids is 4. The number of carbonyl (C=O) groups is 4. The largest absolute Gasteiger partial charge is 0.459 e. The number of amides is 3. The molecule has 2 aromatic carbocycles. The fraction of sp³-hybridized carbons (Fsp3) is 0.459. The number of aromatic nitrogens is 3. The molecule has 0 fully saturated rings. The third-order valence-corrected chi connectivity index (χ3v) is 9.39. The highest BCUT2D eigenvalue weighted by atomic mass is 35.5. The highest BCUT2D eigenvalue weighted by molar-refractivity contribution is 6.38. The number of alkyl carbamates (subject to hydrolysis) is 1. The van der Waals surface area contributed by atoms with E-state index in [4.69, 9.17) is 37.1 Å². The number of esters is 1. The van der Waals surface area contributed by atoms with Crippen LogP contribution in [0.4, 0.5) is 4.79 Å². The molecule has 0 spiro atoms. The molecule has 5 rings (SSSR count). The minimum absolute atomic E-state index is 0.0206. The van der Waals surface area contributed by atoms with E-state index in [2.05, 4.69) is 45.0 Å². The molecule has 280 valence electrons. The zero-order valence-electron chi connectivity index (χ0n) is 30.1. The molecule has 1 aliphatic rings. The van der Waals surface area contributed by atoms with Gasteiger partial charge in [0, 0.05) is 22.5 Å². The molecule has 0 saturated carbocycles. The summed E-state index contributed by atoms with van der Waals surface area (Å²) in [6, 6.07) is 11.7. The van der Waals surface area contributed by atoms with Gasteiger partial charge in [0.15, 0.2) is 0 Å². The van der Waals surface area contributed by atoms with Crippen LogP contribution < -0.4 is 16.0 Å². The SMILES string of the molecule is CCCC.CCOC(=O)c1nnc(C(NC(=O)[C@]2(NC(=O)CNC(=O)OCc3ccccc3)CCc3[nH]c4c(Cl)cc(Cl)cc4c3C2)[C@@H](C)CC)o1. The van der Waals surface area contributed by atoms with E-state index in [1.165, 1.54) is 12.8 Å². The number of hydrogen-bond donors (Lipinski definition) is 4. The lowest BCUT2D eigenvalue weighted by Crippen LogP contribution is -2.63. The predicted octanol–water partition coefficient (Wildman–Crippen LogP) is 7.01. The number of hydrogen-bond acceptors (Lipinski definition) is 9. The van der Waals surface area contributed by atoms with E-state index < -0.39 is 42.0 Å². The molecule has 2 heterocycles. The molecule has 4 N–H and O–H groups in total. The molecule has 1 unspecified atom stereocenters. The van der Waals surface area contributed by atoms with Gasteiger partial charge in [-0.1, -0.05) is 100 Å². The molecule has 0 aliphatic heterocycles. The number of aromatic amines is 1. The fourth-order valence-electron chi connectivity index (χ4n) is 5.66. The smallest absolute Gasteiger partial charge is 0.407 e. The summed E-state index contributed by atoms with van der Waals surface area (Å²) in [4.78, 5) is 55.8. The number of unbranched alkanes of at least 4 members (excludes halogenated alkanes) is 1. The van der Waals surface area contributed by atoms with Crippen molar-refractivity contribution in [2.24, 2.45) is 5.92 Å². The van der Waals surface area contributed by atoms with Crippen molar-refractivity contribution >= 4 is 58.0 Å². The number of benzene rings is 2. The second-order valence-electron chi connectivity index (χ2n) is 12.6. The van der Waals surface area contributed by atoms with Crippen molar-refractivity contribution in [3.63, 3.8) is 0 Å². The van der Waals surface area contributed by atoms with Crippen LogP contribution >= 0.6 is 23.2 Å².